The van der Waals surface area contributed by atoms with Crippen LogP contribution in [0.2, 0.25) is 0 Å². The first-order chi connectivity index (χ1) is 11.9. The van der Waals surface area contributed by atoms with E-state index in [-0.39, 0.29) is 17.9 Å². The number of para-hydroxylation sites is 1. The Morgan fingerprint density at radius 3 is 2.36 bits per heavy atom. The molecule has 0 unspecified atom stereocenters. The minimum Gasteiger partial charge on any atom is -0.484 e. The highest BCUT2D eigenvalue weighted by Gasteiger charge is 2.19. The van der Waals surface area contributed by atoms with Gasteiger partial charge in [-0.05, 0) is 43.2 Å². The maximum Gasteiger partial charge on any atom is 0.282 e. The molecule has 0 atom stereocenters. The summed E-state index contributed by atoms with van der Waals surface area (Å²) < 4.78 is 5.36. The van der Waals surface area contributed by atoms with Crippen LogP contribution in [0.3, 0.4) is 0 Å². The third-order valence-corrected chi connectivity index (χ3v) is 3.23. The van der Waals surface area contributed by atoms with Crippen LogP contribution in [-0.2, 0) is 4.79 Å². The molecule has 0 fully saturated rings. The molecule has 2 amide bonds. The molecule has 8 heteroatoms. The van der Waals surface area contributed by atoms with E-state index in [1.807, 2.05) is 19.9 Å². The van der Waals surface area contributed by atoms with Crippen LogP contribution in [0.4, 0.5) is 5.69 Å². The third kappa shape index (κ3) is 5.03. The van der Waals surface area contributed by atoms with Crippen LogP contribution in [0.15, 0.2) is 42.5 Å². The molecule has 130 valence electrons. The molecule has 0 aliphatic carbocycles. The number of aryl methyl sites for hydroxylation is 2. The molecule has 2 aromatic carbocycles. The lowest BCUT2D eigenvalue weighted by Gasteiger charge is -2.10. The van der Waals surface area contributed by atoms with Gasteiger partial charge in [0.05, 0.1) is 4.92 Å². The number of hydrogen-bond acceptors (Lipinski definition) is 5. The number of ether oxygens (including phenoxy) is 1. The van der Waals surface area contributed by atoms with E-state index < -0.39 is 16.7 Å². The summed E-state index contributed by atoms with van der Waals surface area (Å²) in [6.07, 6.45) is 0. The Morgan fingerprint density at radius 1 is 1.08 bits per heavy atom. The number of nitro groups is 1. The Balaban J connectivity index is 1.89. The fourth-order valence-electron chi connectivity index (χ4n) is 2.22. The van der Waals surface area contributed by atoms with Crippen LogP contribution in [0, 0.1) is 24.0 Å². The second-order valence-electron chi connectivity index (χ2n) is 5.39. The quantitative estimate of drug-likeness (QED) is 0.638. The number of carbonyl (C=O) groups excluding carboxylic acids is 2. The van der Waals surface area contributed by atoms with Crippen LogP contribution in [0.5, 0.6) is 5.75 Å². The molecule has 0 saturated carbocycles. The molecule has 0 spiro atoms. The Hall–Kier alpha value is -3.42. The summed E-state index contributed by atoms with van der Waals surface area (Å²) in [5.41, 5.74) is 5.79. The zero-order valence-corrected chi connectivity index (χ0v) is 13.7. The number of rotatable bonds is 5. The predicted octanol–water partition coefficient (Wildman–Crippen LogP) is 2.05. The Kier molecular flexibility index (Phi) is 5.67. The summed E-state index contributed by atoms with van der Waals surface area (Å²) in [7, 11) is 0. The molecule has 0 aromatic heterocycles. The smallest absolute Gasteiger partial charge is 0.282 e. The second kappa shape index (κ2) is 7.91. The van der Waals surface area contributed by atoms with Gasteiger partial charge in [-0.1, -0.05) is 18.2 Å². The van der Waals surface area contributed by atoms with Gasteiger partial charge in [-0.3, -0.25) is 30.6 Å². The van der Waals surface area contributed by atoms with E-state index in [2.05, 4.69) is 10.9 Å². The van der Waals surface area contributed by atoms with Crippen molar-refractivity contribution in [1.29, 1.82) is 0 Å². The molecule has 2 aromatic rings. The van der Waals surface area contributed by atoms with Gasteiger partial charge in [0.1, 0.15) is 11.3 Å². The maximum atomic E-state index is 12.0. The van der Waals surface area contributed by atoms with E-state index in [9.17, 15) is 19.7 Å². The van der Waals surface area contributed by atoms with E-state index >= 15 is 0 Å². The first kappa shape index (κ1) is 17.9. The second-order valence-corrected chi connectivity index (χ2v) is 5.39. The summed E-state index contributed by atoms with van der Waals surface area (Å²) in [6, 6.07) is 11.0. The van der Waals surface area contributed by atoms with Gasteiger partial charge < -0.3 is 4.74 Å². The average molecular weight is 343 g/mol. The fourth-order valence-corrected chi connectivity index (χ4v) is 2.22. The van der Waals surface area contributed by atoms with Crippen molar-refractivity contribution in [3.63, 3.8) is 0 Å². The molecule has 0 heterocycles. The van der Waals surface area contributed by atoms with Gasteiger partial charge in [-0.25, -0.2) is 0 Å². The van der Waals surface area contributed by atoms with Crippen molar-refractivity contribution in [1.82, 2.24) is 10.9 Å². The number of nitrogens with zero attached hydrogens (tertiary/aromatic N) is 1. The highest BCUT2D eigenvalue weighted by molar-refractivity contribution is 5.99. The van der Waals surface area contributed by atoms with Gasteiger partial charge in [-0.15, -0.1) is 0 Å². The molecular weight excluding hydrogens is 326 g/mol. The molecule has 8 nitrogen and oxygen atoms in total. The minimum atomic E-state index is -0.785. The van der Waals surface area contributed by atoms with Crippen LogP contribution >= 0.6 is 0 Å². The molecule has 0 aliphatic heterocycles. The summed E-state index contributed by atoms with van der Waals surface area (Å²) in [6.45, 7) is 3.51. The number of nitrogens with one attached hydrogen (secondary N) is 2. The van der Waals surface area contributed by atoms with Crippen molar-refractivity contribution < 1.29 is 19.2 Å². The van der Waals surface area contributed by atoms with Gasteiger partial charge >= 0.3 is 0 Å². The molecule has 2 rings (SSSR count). The summed E-state index contributed by atoms with van der Waals surface area (Å²) in [5.74, 6) is -0.837. The zero-order valence-electron chi connectivity index (χ0n) is 13.7. The Morgan fingerprint density at radius 2 is 1.72 bits per heavy atom. The maximum absolute atomic E-state index is 12.0. The minimum absolute atomic E-state index is 0.150. The van der Waals surface area contributed by atoms with Crippen LogP contribution in [-0.4, -0.2) is 23.3 Å². The molecule has 0 bridgehead atoms. The normalized spacial score (nSPS) is 10.0. The molecule has 25 heavy (non-hydrogen) atoms. The van der Waals surface area contributed by atoms with Crippen molar-refractivity contribution in [3.05, 3.63) is 69.3 Å². The van der Waals surface area contributed by atoms with Gasteiger partial charge in [0.25, 0.3) is 17.5 Å². The zero-order chi connectivity index (χ0) is 18.4. The monoisotopic (exact) mass is 343 g/mol. The molecule has 0 radical (unpaired) electrons. The third-order valence-electron chi connectivity index (χ3n) is 3.23. The van der Waals surface area contributed by atoms with E-state index in [1.165, 1.54) is 24.3 Å². The average Bonchev–Trinajstić information content (AvgIpc) is 2.57. The Bertz CT molecular complexity index is 799. The number of carbonyl (C=O) groups is 2. The molecular formula is C17H17N3O5. The highest BCUT2D eigenvalue weighted by Crippen LogP contribution is 2.17. The van der Waals surface area contributed by atoms with E-state index in [0.29, 0.717) is 5.75 Å². The lowest BCUT2D eigenvalue weighted by Crippen LogP contribution is -2.44. The number of amides is 2. The van der Waals surface area contributed by atoms with Gasteiger partial charge in [0, 0.05) is 6.07 Å². The number of nitro benzene ring substituents is 1. The fraction of sp³-hybridized carbons (Fsp3) is 0.176. The van der Waals surface area contributed by atoms with Crippen LogP contribution in [0.1, 0.15) is 21.5 Å². The van der Waals surface area contributed by atoms with Crippen molar-refractivity contribution in [3.8, 4) is 5.75 Å². The van der Waals surface area contributed by atoms with E-state index in [4.69, 9.17) is 4.74 Å². The van der Waals surface area contributed by atoms with Gasteiger partial charge in [0.2, 0.25) is 0 Å². The van der Waals surface area contributed by atoms with Gasteiger partial charge in [-0.2, -0.15) is 0 Å². The summed E-state index contributed by atoms with van der Waals surface area (Å²) in [5, 5.41) is 10.9. The largest absolute Gasteiger partial charge is 0.484 e. The molecule has 0 aliphatic rings. The first-order valence-corrected chi connectivity index (χ1v) is 7.40. The van der Waals surface area contributed by atoms with Gasteiger partial charge in [0.15, 0.2) is 6.61 Å². The summed E-state index contributed by atoms with van der Waals surface area (Å²) >= 11 is 0. The van der Waals surface area contributed by atoms with E-state index in [0.717, 1.165) is 11.1 Å². The van der Waals surface area contributed by atoms with Crippen LogP contribution in [0.25, 0.3) is 0 Å². The SMILES string of the molecule is Cc1cc(C)cc(OCC(=O)NNC(=O)c2ccccc2[N+](=O)[O-])c1. The highest BCUT2D eigenvalue weighted by atomic mass is 16.6. The van der Waals surface area contributed by atoms with Crippen LogP contribution < -0.4 is 15.6 Å². The standard InChI is InChI=1S/C17H17N3O5/c1-11-7-12(2)9-13(8-11)25-10-16(21)18-19-17(22)14-5-3-4-6-15(14)20(23)24/h3-9H,10H2,1-2H3,(H,18,21)(H,19,22). The number of benzene rings is 2. The van der Waals surface area contributed by atoms with Crippen molar-refractivity contribution in [2.45, 2.75) is 13.8 Å². The first-order valence-electron chi connectivity index (χ1n) is 7.40. The lowest BCUT2D eigenvalue weighted by atomic mass is 10.1. The predicted molar refractivity (Wildman–Crippen MR) is 90.1 cm³/mol. The Labute approximate surface area is 143 Å². The molecule has 2 N–H and O–H groups in total. The van der Waals surface area contributed by atoms with E-state index in [1.54, 1.807) is 12.1 Å². The number of hydrazine groups is 1. The van der Waals surface area contributed by atoms with Crippen molar-refractivity contribution in [2.75, 3.05) is 6.61 Å². The molecule has 0 saturated heterocycles. The van der Waals surface area contributed by atoms with Crippen molar-refractivity contribution >= 4 is 17.5 Å². The topological polar surface area (TPSA) is 111 Å². The van der Waals surface area contributed by atoms with Crippen molar-refractivity contribution in [2.24, 2.45) is 0 Å². The number of hydrogen-bond donors (Lipinski definition) is 2. The lowest BCUT2D eigenvalue weighted by molar-refractivity contribution is -0.385. The summed E-state index contributed by atoms with van der Waals surface area (Å²) in [4.78, 5) is 34.0.